The van der Waals surface area contributed by atoms with Crippen molar-refractivity contribution in [2.75, 3.05) is 6.26 Å². The van der Waals surface area contributed by atoms with Gasteiger partial charge < -0.3 is 10.4 Å². The number of aromatic nitrogens is 2. The Labute approximate surface area is 123 Å². The first-order chi connectivity index (χ1) is 9.52. The second-order valence-electron chi connectivity index (χ2n) is 5.17. The van der Waals surface area contributed by atoms with Crippen molar-refractivity contribution in [2.24, 2.45) is 0 Å². The maximum atomic E-state index is 12.5. The average Bonchev–Trinajstić information content (AvgIpc) is 2.40. The second kappa shape index (κ2) is 6.54. The van der Waals surface area contributed by atoms with Crippen LogP contribution in [0.15, 0.2) is 5.03 Å². The summed E-state index contributed by atoms with van der Waals surface area (Å²) in [5.74, 6) is 0.485. The lowest BCUT2D eigenvalue weighted by molar-refractivity contribution is 0.0714. The molecule has 110 valence electrons. The third kappa shape index (κ3) is 3.30. The molecule has 5 nitrogen and oxygen atoms in total. The predicted octanol–water partition coefficient (Wildman–Crippen LogP) is 1.85. The van der Waals surface area contributed by atoms with Gasteiger partial charge in [-0.05, 0) is 32.9 Å². The van der Waals surface area contributed by atoms with Gasteiger partial charge in [-0.25, -0.2) is 9.97 Å². The normalized spacial score (nSPS) is 22.6. The van der Waals surface area contributed by atoms with Gasteiger partial charge in [-0.3, -0.25) is 4.79 Å². The summed E-state index contributed by atoms with van der Waals surface area (Å²) >= 11 is 1.44. The molecular weight excluding hydrogens is 274 g/mol. The van der Waals surface area contributed by atoms with Gasteiger partial charge in [-0.15, -0.1) is 11.8 Å². The molecule has 6 heteroatoms. The minimum Gasteiger partial charge on any atom is -0.391 e. The number of nitrogens with zero attached hydrogens (tertiary/aromatic N) is 2. The van der Waals surface area contributed by atoms with Crippen LogP contribution in [0.3, 0.4) is 0 Å². The largest absolute Gasteiger partial charge is 0.391 e. The summed E-state index contributed by atoms with van der Waals surface area (Å²) in [5, 5.41) is 13.6. The number of carbonyl (C=O) groups excluding carboxylic acids is 1. The maximum Gasteiger partial charge on any atom is 0.256 e. The summed E-state index contributed by atoms with van der Waals surface area (Å²) in [6, 6.07) is -0.161. The zero-order chi connectivity index (χ0) is 14.7. The molecule has 1 aromatic heterocycles. The summed E-state index contributed by atoms with van der Waals surface area (Å²) in [6.45, 7) is 3.64. The second-order valence-corrected chi connectivity index (χ2v) is 5.97. The van der Waals surface area contributed by atoms with Gasteiger partial charge in [0, 0.05) is 0 Å². The number of hydrogen-bond donors (Lipinski definition) is 2. The number of amides is 1. The Morgan fingerprint density at radius 3 is 2.65 bits per heavy atom. The van der Waals surface area contributed by atoms with E-state index in [0.717, 1.165) is 25.7 Å². The van der Waals surface area contributed by atoms with Gasteiger partial charge in [-0.1, -0.05) is 12.8 Å². The quantitative estimate of drug-likeness (QED) is 0.657. The molecule has 1 saturated carbocycles. The van der Waals surface area contributed by atoms with Crippen molar-refractivity contribution < 1.29 is 9.90 Å². The van der Waals surface area contributed by atoms with E-state index >= 15 is 0 Å². The molecule has 0 unspecified atom stereocenters. The molecule has 1 heterocycles. The summed E-state index contributed by atoms with van der Waals surface area (Å²) in [7, 11) is 0. The highest BCUT2D eigenvalue weighted by Crippen LogP contribution is 2.22. The van der Waals surface area contributed by atoms with E-state index in [2.05, 4.69) is 15.3 Å². The van der Waals surface area contributed by atoms with Gasteiger partial charge in [0.2, 0.25) is 0 Å². The number of aliphatic hydroxyl groups is 1. The first-order valence-electron chi connectivity index (χ1n) is 6.91. The lowest BCUT2D eigenvalue weighted by atomic mass is 9.92. The van der Waals surface area contributed by atoms with Gasteiger partial charge in [0.1, 0.15) is 10.9 Å². The molecule has 0 aliphatic heterocycles. The molecule has 1 amide bonds. The number of carbonyl (C=O) groups is 1. The monoisotopic (exact) mass is 295 g/mol. The molecule has 1 fully saturated rings. The SMILES string of the molecule is CSc1nc(C)nc(C)c1C(=O)N[C@@H]1CCCC[C@H]1O. The van der Waals surface area contributed by atoms with E-state index in [9.17, 15) is 9.90 Å². The van der Waals surface area contributed by atoms with Crippen LogP contribution < -0.4 is 5.32 Å². The first-order valence-corrected chi connectivity index (χ1v) is 8.13. The zero-order valence-corrected chi connectivity index (χ0v) is 13.0. The molecule has 0 saturated heterocycles. The van der Waals surface area contributed by atoms with Crippen molar-refractivity contribution in [1.29, 1.82) is 0 Å². The van der Waals surface area contributed by atoms with Crippen molar-refractivity contribution in [2.45, 2.75) is 56.7 Å². The molecule has 1 aromatic rings. The fourth-order valence-electron chi connectivity index (χ4n) is 2.61. The third-order valence-corrected chi connectivity index (χ3v) is 4.32. The van der Waals surface area contributed by atoms with Gasteiger partial charge in [-0.2, -0.15) is 0 Å². The molecule has 0 aromatic carbocycles. The van der Waals surface area contributed by atoms with Crippen LogP contribution >= 0.6 is 11.8 Å². The van der Waals surface area contributed by atoms with E-state index in [1.807, 2.05) is 20.1 Å². The van der Waals surface area contributed by atoms with Gasteiger partial charge in [0.15, 0.2) is 0 Å². The highest BCUT2D eigenvalue weighted by atomic mass is 32.2. The van der Waals surface area contributed by atoms with Crippen LogP contribution in [0.2, 0.25) is 0 Å². The van der Waals surface area contributed by atoms with E-state index in [4.69, 9.17) is 0 Å². The first kappa shape index (κ1) is 15.3. The van der Waals surface area contributed by atoms with Crippen molar-refractivity contribution in [3.63, 3.8) is 0 Å². The minimum absolute atomic E-state index is 0.161. The van der Waals surface area contributed by atoms with Crippen LogP contribution in [0, 0.1) is 13.8 Å². The molecule has 2 N–H and O–H groups in total. The standard InChI is InChI=1S/C14H21N3O2S/c1-8-12(14(20-3)16-9(2)15-8)13(19)17-10-6-4-5-7-11(10)18/h10-11,18H,4-7H2,1-3H3,(H,17,19)/t10-,11-/m1/s1. The van der Waals surface area contributed by atoms with Crippen LogP contribution in [-0.2, 0) is 0 Å². The van der Waals surface area contributed by atoms with E-state index in [-0.39, 0.29) is 11.9 Å². The van der Waals surface area contributed by atoms with Gasteiger partial charge in [0.05, 0.1) is 23.4 Å². The molecule has 1 aliphatic carbocycles. The molecule has 2 atom stereocenters. The Morgan fingerprint density at radius 2 is 2.00 bits per heavy atom. The predicted molar refractivity (Wildman–Crippen MR) is 79.0 cm³/mol. The topological polar surface area (TPSA) is 75.1 Å². The van der Waals surface area contributed by atoms with E-state index < -0.39 is 6.10 Å². The number of aliphatic hydroxyl groups excluding tert-OH is 1. The van der Waals surface area contributed by atoms with Crippen molar-refractivity contribution in [3.8, 4) is 0 Å². The van der Waals surface area contributed by atoms with Crippen LogP contribution in [0.1, 0.15) is 47.6 Å². The van der Waals surface area contributed by atoms with Gasteiger partial charge in [0.25, 0.3) is 5.91 Å². The fourth-order valence-corrected chi connectivity index (χ4v) is 3.28. The van der Waals surface area contributed by atoms with Crippen LogP contribution in [0.25, 0.3) is 0 Å². The summed E-state index contributed by atoms with van der Waals surface area (Å²) in [4.78, 5) is 21.0. The summed E-state index contributed by atoms with van der Waals surface area (Å²) in [6.07, 6.45) is 5.10. The number of thioether (sulfide) groups is 1. The Kier molecular flexibility index (Phi) is 4.99. The molecule has 20 heavy (non-hydrogen) atoms. The van der Waals surface area contributed by atoms with Crippen molar-refractivity contribution in [1.82, 2.24) is 15.3 Å². The Bertz CT molecular complexity index is 507. The van der Waals surface area contributed by atoms with Crippen LogP contribution in [0.4, 0.5) is 0 Å². The molecule has 2 rings (SSSR count). The Morgan fingerprint density at radius 1 is 1.30 bits per heavy atom. The van der Waals surface area contributed by atoms with Crippen molar-refractivity contribution in [3.05, 3.63) is 17.1 Å². The smallest absolute Gasteiger partial charge is 0.256 e. The highest BCUT2D eigenvalue weighted by Gasteiger charge is 2.27. The van der Waals surface area contributed by atoms with E-state index in [1.165, 1.54) is 11.8 Å². The average molecular weight is 295 g/mol. The third-order valence-electron chi connectivity index (χ3n) is 3.63. The van der Waals surface area contributed by atoms with Crippen LogP contribution in [0.5, 0.6) is 0 Å². The molecule has 0 radical (unpaired) electrons. The molecule has 0 spiro atoms. The Hall–Kier alpha value is -1.14. The summed E-state index contributed by atoms with van der Waals surface area (Å²) < 4.78 is 0. The zero-order valence-electron chi connectivity index (χ0n) is 12.1. The maximum absolute atomic E-state index is 12.5. The van der Waals surface area contributed by atoms with E-state index in [1.54, 1.807) is 0 Å². The fraction of sp³-hybridized carbons (Fsp3) is 0.643. The van der Waals surface area contributed by atoms with Crippen molar-refractivity contribution >= 4 is 17.7 Å². The minimum atomic E-state index is -0.447. The van der Waals surface area contributed by atoms with Gasteiger partial charge >= 0.3 is 0 Å². The van der Waals surface area contributed by atoms with E-state index in [0.29, 0.717) is 22.1 Å². The van der Waals surface area contributed by atoms with Crippen LogP contribution in [-0.4, -0.2) is 39.4 Å². The Balaban J connectivity index is 2.20. The number of hydrogen-bond acceptors (Lipinski definition) is 5. The number of rotatable bonds is 3. The summed E-state index contributed by atoms with van der Waals surface area (Å²) in [5.41, 5.74) is 1.21. The number of aryl methyl sites for hydroxylation is 2. The molecule has 0 bridgehead atoms. The molecule has 1 aliphatic rings. The lowest BCUT2D eigenvalue weighted by Crippen LogP contribution is -2.45. The number of nitrogens with one attached hydrogen (secondary N) is 1. The highest BCUT2D eigenvalue weighted by molar-refractivity contribution is 7.98. The molecular formula is C14H21N3O2S. The lowest BCUT2D eigenvalue weighted by Gasteiger charge is -2.28.